The Morgan fingerprint density at radius 3 is 2.77 bits per heavy atom. The first-order valence-electron chi connectivity index (χ1n) is 13.3. The van der Waals surface area contributed by atoms with E-state index in [1.807, 2.05) is 66.4 Å². The zero-order valence-corrected chi connectivity index (χ0v) is 24.4. The van der Waals surface area contributed by atoms with E-state index in [9.17, 15) is 14.9 Å². The summed E-state index contributed by atoms with van der Waals surface area (Å²) in [4.78, 5) is 31.7. The number of thioether (sulfide) groups is 2. The summed E-state index contributed by atoms with van der Waals surface area (Å²) >= 11 is 4.73. The molecule has 3 atom stereocenters. The molecule has 6 nitrogen and oxygen atoms in total. The average molecular weight is 585 g/mol. The minimum Gasteiger partial charge on any atom is -0.316 e. The molecule has 0 spiro atoms. The van der Waals surface area contributed by atoms with E-state index < -0.39 is 0 Å². The smallest absolute Gasteiger partial charge is 0.316 e. The normalized spacial score (nSPS) is 19.6. The van der Waals surface area contributed by atoms with Crippen molar-refractivity contribution in [3.8, 4) is 6.07 Å². The van der Waals surface area contributed by atoms with E-state index >= 15 is 0 Å². The number of allylic oxidation sites excluding steroid dienone is 2. The van der Waals surface area contributed by atoms with Crippen LogP contribution >= 0.6 is 34.9 Å². The number of hydrogen-bond donors (Lipinski definition) is 2. The third-order valence-corrected chi connectivity index (χ3v) is 10.9. The van der Waals surface area contributed by atoms with E-state index in [0.29, 0.717) is 16.3 Å². The summed E-state index contributed by atoms with van der Waals surface area (Å²) in [6.45, 7) is 1.86. The Balaban J connectivity index is 1.15. The zero-order valence-electron chi connectivity index (χ0n) is 21.9. The van der Waals surface area contributed by atoms with Gasteiger partial charge in [-0.2, -0.15) is 5.26 Å². The average Bonchev–Trinajstić information content (AvgIpc) is 3.32. The van der Waals surface area contributed by atoms with Crippen molar-refractivity contribution in [2.24, 2.45) is 0 Å². The van der Waals surface area contributed by atoms with E-state index in [-0.39, 0.29) is 28.5 Å². The standard InChI is InChI=1S/C31H28N4O2S3/c1-19(29(36)34-30-23(18-32)22-11-2-5-14-26(22)40-30)38-21-10-8-9-20(17-21)33-31(37)35-24-12-3-6-15-27(24)39-28-16-7-4-13-25(28)35/h3-4,6-10,12-13,15-17,19,24,27H,2,5,11,14H2,1H3,(H,33,37)(H,34,36). The lowest BCUT2D eigenvalue weighted by Crippen LogP contribution is -2.49. The molecule has 2 aliphatic carbocycles. The van der Waals surface area contributed by atoms with Gasteiger partial charge in [0, 0.05) is 20.4 Å². The highest BCUT2D eigenvalue weighted by atomic mass is 32.2. The molecule has 1 aliphatic heterocycles. The van der Waals surface area contributed by atoms with E-state index in [1.165, 1.54) is 28.0 Å². The quantitative estimate of drug-likeness (QED) is 0.301. The Labute approximate surface area is 246 Å². The van der Waals surface area contributed by atoms with Gasteiger partial charge in [-0.1, -0.05) is 42.5 Å². The molecular formula is C31H28N4O2S3. The monoisotopic (exact) mass is 584 g/mol. The molecule has 1 aromatic heterocycles. The Morgan fingerprint density at radius 1 is 1.07 bits per heavy atom. The molecule has 2 heterocycles. The summed E-state index contributed by atoms with van der Waals surface area (Å²) in [7, 11) is 0. The van der Waals surface area contributed by atoms with Gasteiger partial charge in [0.1, 0.15) is 11.1 Å². The molecule has 2 N–H and O–H groups in total. The number of amides is 3. The third kappa shape index (κ3) is 5.31. The summed E-state index contributed by atoms with van der Waals surface area (Å²) in [6.07, 6.45) is 12.3. The van der Waals surface area contributed by atoms with Gasteiger partial charge in [-0.05, 0) is 68.5 Å². The van der Waals surface area contributed by atoms with Crippen LogP contribution in [0.1, 0.15) is 35.8 Å². The SMILES string of the molecule is CC(Sc1cccc(NC(=O)N2c3ccccc3SC3C=CC=CC32)c1)C(=O)Nc1sc2c(c1C#N)CCCC2. The maximum atomic E-state index is 13.6. The van der Waals surface area contributed by atoms with Crippen LogP contribution in [0.25, 0.3) is 0 Å². The molecule has 3 amide bonds. The van der Waals surface area contributed by atoms with Crippen LogP contribution in [0, 0.1) is 11.3 Å². The molecule has 202 valence electrons. The number of aryl methyl sites for hydroxylation is 1. The van der Waals surface area contributed by atoms with Crippen LogP contribution in [0.3, 0.4) is 0 Å². The van der Waals surface area contributed by atoms with Crippen LogP contribution in [0.5, 0.6) is 0 Å². The summed E-state index contributed by atoms with van der Waals surface area (Å²) in [5.41, 5.74) is 3.30. The van der Waals surface area contributed by atoms with Crippen molar-refractivity contribution < 1.29 is 9.59 Å². The van der Waals surface area contributed by atoms with Gasteiger partial charge in [-0.25, -0.2) is 4.79 Å². The number of rotatable bonds is 5. The van der Waals surface area contributed by atoms with Gasteiger partial charge >= 0.3 is 6.03 Å². The van der Waals surface area contributed by atoms with E-state index in [4.69, 9.17) is 0 Å². The second kappa shape index (κ2) is 11.6. The highest BCUT2D eigenvalue weighted by Crippen LogP contribution is 2.44. The molecule has 2 aromatic carbocycles. The number of para-hydroxylation sites is 1. The molecule has 0 saturated carbocycles. The first-order valence-corrected chi connectivity index (χ1v) is 15.9. The molecule has 0 bridgehead atoms. The lowest BCUT2D eigenvalue weighted by molar-refractivity contribution is -0.115. The second-order valence-electron chi connectivity index (χ2n) is 9.91. The van der Waals surface area contributed by atoms with Crippen LogP contribution in [-0.2, 0) is 17.6 Å². The second-order valence-corrected chi connectivity index (χ2v) is 13.7. The minimum absolute atomic E-state index is 0.0765. The van der Waals surface area contributed by atoms with Gasteiger partial charge < -0.3 is 10.6 Å². The van der Waals surface area contributed by atoms with Gasteiger partial charge in [0.2, 0.25) is 5.91 Å². The summed E-state index contributed by atoms with van der Waals surface area (Å²) in [6, 6.07) is 17.6. The van der Waals surface area contributed by atoms with Crippen LogP contribution in [-0.4, -0.2) is 28.5 Å². The maximum Gasteiger partial charge on any atom is 0.326 e. The van der Waals surface area contributed by atoms with E-state index in [2.05, 4.69) is 34.9 Å². The number of nitrogens with zero attached hydrogens (tertiary/aromatic N) is 2. The van der Waals surface area contributed by atoms with E-state index in [1.54, 1.807) is 11.8 Å². The maximum absolute atomic E-state index is 13.6. The lowest BCUT2D eigenvalue weighted by atomic mass is 9.96. The lowest BCUT2D eigenvalue weighted by Gasteiger charge is -2.40. The Bertz CT molecular complexity index is 1570. The van der Waals surface area contributed by atoms with Crippen molar-refractivity contribution in [2.75, 3.05) is 15.5 Å². The van der Waals surface area contributed by atoms with Crippen LogP contribution in [0.2, 0.25) is 0 Å². The van der Waals surface area contributed by atoms with Gasteiger partial charge in [0.25, 0.3) is 0 Å². The third-order valence-electron chi connectivity index (χ3n) is 7.25. The molecule has 9 heteroatoms. The van der Waals surface area contributed by atoms with Crippen molar-refractivity contribution in [3.63, 3.8) is 0 Å². The summed E-state index contributed by atoms with van der Waals surface area (Å²) < 4.78 is 0. The Morgan fingerprint density at radius 2 is 1.90 bits per heavy atom. The fourth-order valence-electron chi connectivity index (χ4n) is 5.30. The van der Waals surface area contributed by atoms with Crippen molar-refractivity contribution in [1.82, 2.24) is 0 Å². The van der Waals surface area contributed by atoms with Crippen molar-refractivity contribution in [3.05, 3.63) is 88.8 Å². The van der Waals surface area contributed by atoms with Gasteiger partial charge in [0.05, 0.1) is 27.8 Å². The number of nitrogens with one attached hydrogen (secondary N) is 2. The summed E-state index contributed by atoms with van der Waals surface area (Å²) in [5, 5.41) is 16.2. The highest BCUT2D eigenvalue weighted by Gasteiger charge is 2.36. The van der Waals surface area contributed by atoms with Gasteiger partial charge in [-0.3, -0.25) is 9.69 Å². The van der Waals surface area contributed by atoms with Crippen LogP contribution in [0.4, 0.5) is 21.2 Å². The first kappa shape index (κ1) is 26.8. The molecule has 6 rings (SSSR count). The number of benzene rings is 2. The van der Waals surface area contributed by atoms with Gasteiger partial charge in [-0.15, -0.1) is 34.9 Å². The van der Waals surface area contributed by atoms with Crippen LogP contribution in [0.15, 0.2) is 82.6 Å². The Hall–Kier alpha value is -3.45. The molecule has 0 saturated heterocycles. The molecule has 40 heavy (non-hydrogen) atoms. The molecule has 0 fully saturated rings. The topological polar surface area (TPSA) is 85.2 Å². The molecule has 0 radical (unpaired) electrons. The number of nitriles is 1. The molecule has 3 aliphatic rings. The zero-order chi connectivity index (χ0) is 27.6. The largest absolute Gasteiger partial charge is 0.326 e. The number of urea groups is 1. The summed E-state index contributed by atoms with van der Waals surface area (Å²) in [5.74, 6) is -0.139. The van der Waals surface area contributed by atoms with Crippen molar-refractivity contribution in [2.45, 2.75) is 58.9 Å². The fraction of sp³-hybridized carbons (Fsp3) is 0.258. The van der Waals surface area contributed by atoms with Crippen molar-refractivity contribution in [1.29, 1.82) is 5.26 Å². The van der Waals surface area contributed by atoms with Crippen LogP contribution < -0.4 is 15.5 Å². The molecule has 3 unspecified atom stereocenters. The molecular weight excluding hydrogens is 557 g/mol. The number of anilines is 3. The first-order chi connectivity index (χ1) is 19.5. The van der Waals surface area contributed by atoms with Gasteiger partial charge in [0.15, 0.2) is 0 Å². The highest BCUT2D eigenvalue weighted by molar-refractivity contribution is 8.00. The Kier molecular flexibility index (Phi) is 7.74. The van der Waals surface area contributed by atoms with Crippen molar-refractivity contribution >= 4 is 63.2 Å². The van der Waals surface area contributed by atoms with E-state index in [0.717, 1.165) is 46.7 Å². The predicted molar refractivity (Wildman–Crippen MR) is 166 cm³/mol. The number of hydrogen-bond acceptors (Lipinski definition) is 6. The minimum atomic E-state index is -0.387. The predicted octanol–water partition coefficient (Wildman–Crippen LogP) is 7.63. The number of carbonyl (C=O) groups excluding carboxylic acids is 2. The fourth-order valence-corrected chi connectivity index (χ4v) is 8.73. The number of fused-ring (bicyclic) bond motifs is 3. The molecule has 3 aromatic rings. The number of carbonyl (C=O) groups is 2. The number of thiophene rings is 1.